The Morgan fingerprint density at radius 2 is 1.82 bits per heavy atom. The lowest BCUT2D eigenvalue weighted by molar-refractivity contribution is -0.131. The Balaban J connectivity index is 1.63. The third-order valence-corrected chi connectivity index (χ3v) is 6.14. The molecule has 1 atom stereocenters. The van der Waals surface area contributed by atoms with Gasteiger partial charge >= 0.3 is 0 Å². The summed E-state index contributed by atoms with van der Waals surface area (Å²) in [5, 5.41) is 13.8. The summed E-state index contributed by atoms with van der Waals surface area (Å²) < 4.78 is 5.23. The molecule has 1 aliphatic rings. The fourth-order valence-electron chi connectivity index (χ4n) is 4.05. The van der Waals surface area contributed by atoms with Crippen molar-refractivity contribution in [3.8, 4) is 5.75 Å². The van der Waals surface area contributed by atoms with Gasteiger partial charge in [-0.15, -0.1) is 5.10 Å². The Labute approximate surface area is 203 Å². The molecule has 2 amide bonds. The summed E-state index contributed by atoms with van der Waals surface area (Å²) in [7, 11) is 1.62. The number of aromatic nitrogens is 2. The van der Waals surface area contributed by atoms with E-state index < -0.39 is 5.54 Å². The molecule has 8 nitrogen and oxygen atoms in total. The lowest BCUT2D eigenvalue weighted by Crippen LogP contribution is -2.50. The van der Waals surface area contributed by atoms with E-state index in [4.69, 9.17) is 17.0 Å². The number of nitrogens with one attached hydrogen (secondary N) is 2. The molecule has 2 N–H and O–H groups in total. The second-order valence-electron chi connectivity index (χ2n) is 8.02. The van der Waals surface area contributed by atoms with Gasteiger partial charge in [-0.3, -0.25) is 9.59 Å². The van der Waals surface area contributed by atoms with Crippen LogP contribution in [0.2, 0.25) is 0 Å². The number of rotatable bonds is 8. The summed E-state index contributed by atoms with van der Waals surface area (Å²) in [5.41, 5.74) is 1.20. The molecule has 0 bridgehead atoms. The second kappa shape index (κ2) is 9.96. The van der Waals surface area contributed by atoms with Crippen molar-refractivity contribution >= 4 is 35.0 Å². The van der Waals surface area contributed by atoms with Gasteiger partial charge in [-0.1, -0.05) is 42.5 Å². The van der Waals surface area contributed by atoms with Gasteiger partial charge in [-0.2, -0.15) is 5.10 Å². The SMILES string of the molecule is COc1ccc(CCN2C(=S)NC(=O)C2(CC(=O)Nc2ccc(C)nn2)c2ccccc2)cc1. The van der Waals surface area contributed by atoms with Gasteiger partial charge in [0.15, 0.2) is 16.5 Å². The van der Waals surface area contributed by atoms with Crippen LogP contribution in [0.5, 0.6) is 5.75 Å². The number of methoxy groups -OCH3 is 1. The van der Waals surface area contributed by atoms with Crippen molar-refractivity contribution in [2.24, 2.45) is 0 Å². The Bertz CT molecular complexity index is 1190. The Hall–Kier alpha value is -3.85. The number of carbonyl (C=O) groups excluding carboxylic acids is 2. The fraction of sp³-hybridized carbons (Fsp3) is 0.240. The van der Waals surface area contributed by atoms with Crippen LogP contribution in [-0.2, 0) is 21.5 Å². The van der Waals surface area contributed by atoms with E-state index in [1.807, 2.05) is 66.4 Å². The first kappa shape index (κ1) is 23.3. The first-order valence-electron chi connectivity index (χ1n) is 10.8. The predicted molar refractivity (Wildman–Crippen MR) is 132 cm³/mol. The van der Waals surface area contributed by atoms with E-state index >= 15 is 0 Å². The molecule has 0 spiro atoms. The number of hydrogen-bond acceptors (Lipinski definition) is 6. The average Bonchev–Trinajstić information content (AvgIpc) is 3.09. The van der Waals surface area contributed by atoms with Crippen molar-refractivity contribution in [1.29, 1.82) is 0 Å². The molecule has 2 heterocycles. The molecule has 34 heavy (non-hydrogen) atoms. The van der Waals surface area contributed by atoms with Crippen molar-refractivity contribution in [3.63, 3.8) is 0 Å². The van der Waals surface area contributed by atoms with Crippen LogP contribution in [0.25, 0.3) is 0 Å². The number of ether oxygens (including phenoxy) is 1. The van der Waals surface area contributed by atoms with Crippen molar-refractivity contribution in [1.82, 2.24) is 20.4 Å². The van der Waals surface area contributed by atoms with Gasteiger partial charge in [0.1, 0.15) is 5.75 Å². The van der Waals surface area contributed by atoms with E-state index in [0.717, 1.165) is 17.0 Å². The minimum Gasteiger partial charge on any atom is -0.497 e. The number of hydrogen-bond donors (Lipinski definition) is 2. The Morgan fingerprint density at radius 3 is 2.47 bits per heavy atom. The average molecular weight is 476 g/mol. The highest BCUT2D eigenvalue weighted by molar-refractivity contribution is 7.80. The molecule has 4 rings (SSSR count). The zero-order valence-electron chi connectivity index (χ0n) is 18.9. The van der Waals surface area contributed by atoms with Gasteiger partial charge in [0.25, 0.3) is 5.91 Å². The standard InChI is InChI=1S/C25H25N5O3S/c1-17-8-13-21(29-28-17)26-22(31)16-25(19-6-4-3-5-7-19)23(32)27-24(34)30(25)15-14-18-9-11-20(33-2)12-10-18/h3-13H,14-16H2,1-2H3,(H,26,29,31)(H,27,32,34). The molecule has 0 radical (unpaired) electrons. The van der Waals surface area contributed by atoms with E-state index in [1.165, 1.54) is 0 Å². The molecule has 0 saturated carbocycles. The van der Waals surface area contributed by atoms with Crippen LogP contribution < -0.4 is 15.4 Å². The molecule has 1 unspecified atom stereocenters. The number of amides is 2. The lowest BCUT2D eigenvalue weighted by Gasteiger charge is -2.36. The summed E-state index contributed by atoms with van der Waals surface area (Å²) in [4.78, 5) is 28.3. The quantitative estimate of drug-likeness (QED) is 0.484. The summed E-state index contributed by atoms with van der Waals surface area (Å²) in [6.45, 7) is 2.25. The summed E-state index contributed by atoms with van der Waals surface area (Å²) in [6.07, 6.45) is 0.486. The Kier molecular flexibility index (Phi) is 6.83. The number of thiocarbonyl (C=S) groups is 1. The van der Waals surface area contributed by atoms with Crippen LogP contribution in [0, 0.1) is 6.92 Å². The minimum absolute atomic E-state index is 0.138. The van der Waals surface area contributed by atoms with Crippen molar-refractivity contribution in [3.05, 3.63) is 83.6 Å². The molecule has 174 valence electrons. The van der Waals surface area contributed by atoms with Crippen LogP contribution in [0.15, 0.2) is 66.7 Å². The van der Waals surface area contributed by atoms with Gasteiger partial charge in [-0.05, 0) is 61.0 Å². The zero-order valence-corrected chi connectivity index (χ0v) is 19.8. The van der Waals surface area contributed by atoms with Gasteiger partial charge in [-0.25, -0.2) is 0 Å². The monoisotopic (exact) mass is 475 g/mol. The van der Waals surface area contributed by atoms with Crippen LogP contribution in [-0.4, -0.2) is 45.7 Å². The normalized spacial score (nSPS) is 17.4. The summed E-state index contributed by atoms with van der Waals surface area (Å²) in [6, 6.07) is 20.4. The van der Waals surface area contributed by atoms with Gasteiger partial charge in [0.05, 0.1) is 19.2 Å². The molecular weight excluding hydrogens is 450 g/mol. The van der Waals surface area contributed by atoms with Gasteiger partial charge < -0.3 is 20.3 Å². The van der Waals surface area contributed by atoms with Crippen LogP contribution in [0.4, 0.5) is 5.82 Å². The molecule has 2 aromatic carbocycles. The van der Waals surface area contributed by atoms with Crippen LogP contribution in [0.3, 0.4) is 0 Å². The second-order valence-corrected chi connectivity index (χ2v) is 8.41. The number of nitrogens with zero attached hydrogens (tertiary/aromatic N) is 3. The van der Waals surface area contributed by atoms with E-state index in [1.54, 1.807) is 19.2 Å². The number of anilines is 1. The molecule has 1 saturated heterocycles. The van der Waals surface area contributed by atoms with Crippen LogP contribution in [0.1, 0.15) is 23.2 Å². The van der Waals surface area contributed by atoms with Crippen molar-refractivity contribution in [2.45, 2.75) is 25.3 Å². The fourth-order valence-corrected chi connectivity index (χ4v) is 4.39. The predicted octanol–water partition coefficient (Wildman–Crippen LogP) is 2.98. The number of benzene rings is 2. The highest BCUT2D eigenvalue weighted by Crippen LogP contribution is 2.37. The lowest BCUT2D eigenvalue weighted by atomic mass is 9.84. The number of aryl methyl sites for hydroxylation is 1. The molecule has 1 aromatic heterocycles. The maximum atomic E-state index is 13.4. The highest BCUT2D eigenvalue weighted by atomic mass is 32.1. The minimum atomic E-state index is -1.28. The smallest absolute Gasteiger partial charge is 0.257 e. The molecule has 3 aromatic rings. The van der Waals surface area contributed by atoms with E-state index in [0.29, 0.717) is 29.5 Å². The third-order valence-electron chi connectivity index (χ3n) is 5.82. The number of carbonyl (C=O) groups is 2. The van der Waals surface area contributed by atoms with E-state index in [2.05, 4.69) is 20.8 Å². The zero-order chi connectivity index (χ0) is 24.1. The molecule has 0 aliphatic carbocycles. The van der Waals surface area contributed by atoms with Crippen molar-refractivity contribution in [2.75, 3.05) is 19.0 Å². The first-order chi connectivity index (χ1) is 16.4. The van der Waals surface area contributed by atoms with Crippen molar-refractivity contribution < 1.29 is 14.3 Å². The van der Waals surface area contributed by atoms with E-state index in [-0.39, 0.29) is 18.2 Å². The third kappa shape index (κ3) is 4.74. The largest absolute Gasteiger partial charge is 0.497 e. The van der Waals surface area contributed by atoms with E-state index in [9.17, 15) is 9.59 Å². The molecule has 1 fully saturated rings. The maximum absolute atomic E-state index is 13.4. The summed E-state index contributed by atoms with van der Waals surface area (Å²) in [5.74, 6) is 0.399. The maximum Gasteiger partial charge on any atom is 0.257 e. The molecule has 1 aliphatic heterocycles. The van der Waals surface area contributed by atoms with Gasteiger partial charge in [0.2, 0.25) is 5.91 Å². The molecule has 9 heteroatoms. The Morgan fingerprint density at radius 1 is 1.09 bits per heavy atom. The highest BCUT2D eigenvalue weighted by Gasteiger charge is 2.53. The summed E-state index contributed by atoms with van der Waals surface area (Å²) >= 11 is 5.54. The van der Waals surface area contributed by atoms with Gasteiger partial charge in [0, 0.05) is 6.54 Å². The van der Waals surface area contributed by atoms with Crippen LogP contribution >= 0.6 is 12.2 Å². The molecular formula is C25H25N5O3S. The topological polar surface area (TPSA) is 96.5 Å². The first-order valence-corrected chi connectivity index (χ1v) is 11.2.